The number of benzene rings is 2. The molecular weight excluding hydrogens is 468 g/mol. The predicted octanol–water partition coefficient (Wildman–Crippen LogP) is 3.15. The number of ether oxygens (including phenoxy) is 1. The molecule has 0 bridgehead atoms. The summed E-state index contributed by atoms with van der Waals surface area (Å²) in [5.41, 5.74) is 5.71. The van der Waals surface area contributed by atoms with Gasteiger partial charge >= 0.3 is 5.97 Å². The Morgan fingerprint density at radius 2 is 1.74 bits per heavy atom. The van der Waals surface area contributed by atoms with Gasteiger partial charge in [0.2, 0.25) is 5.78 Å². The van der Waals surface area contributed by atoms with E-state index in [1.165, 1.54) is 29.3 Å². The van der Waals surface area contributed by atoms with Crippen molar-refractivity contribution >= 4 is 27.7 Å². The zero-order chi connectivity index (χ0) is 24.9. The Hall–Kier alpha value is -3.72. The van der Waals surface area contributed by atoms with E-state index in [4.69, 9.17) is 4.74 Å². The van der Waals surface area contributed by atoms with Gasteiger partial charge in [0.1, 0.15) is 11.4 Å². The highest BCUT2D eigenvalue weighted by Gasteiger charge is 2.42. The molecule has 0 N–H and O–H groups in total. The number of esters is 1. The van der Waals surface area contributed by atoms with Crippen molar-refractivity contribution in [3.8, 4) is 5.69 Å². The number of Topliss-reactive ketones (excluding diaryl/α,β-unsaturated/α-hetero) is 1. The van der Waals surface area contributed by atoms with Crippen LogP contribution in [0, 0.1) is 13.8 Å². The van der Waals surface area contributed by atoms with Gasteiger partial charge in [-0.05, 0) is 74.6 Å². The third-order valence-electron chi connectivity index (χ3n) is 6.62. The van der Waals surface area contributed by atoms with Gasteiger partial charge in [0.05, 0.1) is 5.56 Å². The van der Waals surface area contributed by atoms with Gasteiger partial charge in [0, 0.05) is 22.6 Å². The van der Waals surface area contributed by atoms with Gasteiger partial charge in [0.15, 0.2) is 6.61 Å². The van der Waals surface area contributed by atoms with E-state index in [0.717, 1.165) is 36.3 Å². The van der Waals surface area contributed by atoms with Crippen molar-refractivity contribution in [1.29, 1.82) is 0 Å². The minimum absolute atomic E-state index is 0.00960. The molecular formula is C26H24N2O6S. The Morgan fingerprint density at radius 1 is 1.00 bits per heavy atom. The standard InChI is InChI=1S/C26H24N2O6S/c1-16-12-22(17(2)28(16)20-11-10-18-6-5-7-19(18)13-20)23(29)15-34-25(30)14-27-26(31)21-8-3-4-9-24(21)35(27,32)33/h3-4,8-13H,5-7,14-15H2,1-2H3. The molecule has 2 aliphatic rings. The lowest BCUT2D eigenvalue weighted by atomic mass is 10.1. The smallest absolute Gasteiger partial charge is 0.327 e. The molecule has 0 spiro atoms. The van der Waals surface area contributed by atoms with E-state index in [1.54, 1.807) is 12.1 Å². The number of aryl methyl sites for hydroxylation is 3. The summed E-state index contributed by atoms with van der Waals surface area (Å²) in [5, 5.41) is 0. The fraction of sp³-hybridized carbons (Fsp3) is 0.269. The number of rotatable bonds is 6. The maximum atomic E-state index is 12.9. The topological polar surface area (TPSA) is 103 Å². The Balaban J connectivity index is 1.28. The molecule has 0 saturated heterocycles. The molecule has 9 heteroatoms. The minimum atomic E-state index is -4.13. The predicted molar refractivity (Wildman–Crippen MR) is 127 cm³/mol. The monoisotopic (exact) mass is 492 g/mol. The quantitative estimate of drug-likeness (QED) is 0.387. The second kappa shape index (κ2) is 8.49. The first kappa shape index (κ1) is 23.0. The Morgan fingerprint density at radius 3 is 2.51 bits per heavy atom. The fourth-order valence-corrected chi connectivity index (χ4v) is 6.43. The summed E-state index contributed by atoms with van der Waals surface area (Å²) in [6.07, 6.45) is 3.28. The molecule has 8 nitrogen and oxygen atoms in total. The van der Waals surface area contributed by atoms with E-state index >= 15 is 0 Å². The lowest BCUT2D eigenvalue weighted by molar-refractivity contribution is -0.142. The molecule has 0 radical (unpaired) electrons. The lowest BCUT2D eigenvalue weighted by Crippen LogP contribution is -2.36. The molecule has 35 heavy (non-hydrogen) atoms. The zero-order valence-corrected chi connectivity index (χ0v) is 20.2. The normalized spacial score (nSPS) is 15.7. The van der Waals surface area contributed by atoms with Gasteiger partial charge in [-0.1, -0.05) is 18.2 Å². The van der Waals surface area contributed by atoms with Gasteiger partial charge in [-0.3, -0.25) is 14.4 Å². The van der Waals surface area contributed by atoms with E-state index in [1.807, 2.05) is 24.5 Å². The van der Waals surface area contributed by atoms with Crippen molar-refractivity contribution in [3.05, 3.63) is 82.2 Å². The number of aromatic nitrogens is 1. The lowest BCUT2D eigenvalue weighted by Gasteiger charge is -2.14. The zero-order valence-electron chi connectivity index (χ0n) is 19.4. The van der Waals surface area contributed by atoms with Gasteiger partial charge in [-0.2, -0.15) is 0 Å². The SMILES string of the molecule is Cc1cc(C(=O)COC(=O)CN2C(=O)c3ccccc3S2(=O)=O)c(C)n1-c1ccc2c(c1)CCC2. The molecule has 0 saturated carbocycles. The van der Waals surface area contributed by atoms with Crippen LogP contribution in [0.5, 0.6) is 0 Å². The van der Waals surface area contributed by atoms with Crippen LogP contribution < -0.4 is 0 Å². The summed E-state index contributed by atoms with van der Waals surface area (Å²) < 4.78 is 32.8. The Labute approximate surface area is 203 Å². The molecule has 0 atom stereocenters. The second-order valence-electron chi connectivity index (χ2n) is 8.82. The number of carbonyl (C=O) groups is 3. The van der Waals surface area contributed by atoms with Crippen LogP contribution >= 0.6 is 0 Å². The molecule has 0 unspecified atom stereocenters. The summed E-state index contributed by atoms with van der Waals surface area (Å²) in [6, 6.07) is 13.8. The number of hydrogen-bond donors (Lipinski definition) is 0. The van der Waals surface area contributed by atoms with E-state index in [2.05, 4.69) is 12.1 Å². The van der Waals surface area contributed by atoms with Gasteiger partial charge in [-0.15, -0.1) is 0 Å². The molecule has 1 aliphatic heterocycles. The van der Waals surface area contributed by atoms with Crippen molar-refractivity contribution < 1.29 is 27.5 Å². The number of amides is 1. The Kier molecular flexibility index (Phi) is 5.59. The largest absolute Gasteiger partial charge is 0.456 e. The van der Waals surface area contributed by atoms with Crippen LogP contribution in [0.15, 0.2) is 53.4 Å². The first-order valence-electron chi connectivity index (χ1n) is 11.3. The molecule has 180 valence electrons. The molecule has 3 aromatic rings. The van der Waals surface area contributed by atoms with Crippen LogP contribution in [-0.2, 0) is 32.4 Å². The third-order valence-corrected chi connectivity index (χ3v) is 8.41. The number of carbonyl (C=O) groups excluding carboxylic acids is 3. The summed E-state index contributed by atoms with van der Waals surface area (Å²) in [6.45, 7) is 2.39. The first-order chi connectivity index (χ1) is 16.7. The van der Waals surface area contributed by atoms with Crippen LogP contribution in [-0.4, -0.2) is 48.1 Å². The van der Waals surface area contributed by atoms with E-state index in [9.17, 15) is 22.8 Å². The van der Waals surface area contributed by atoms with E-state index in [-0.39, 0.29) is 10.5 Å². The van der Waals surface area contributed by atoms with Crippen molar-refractivity contribution in [2.24, 2.45) is 0 Å². The van der Waals surface area contributed by atoms with Crippen LogP contribution in [0.2, 0.25) is 0 Å². The highest BCUT2D eigenvalue weighted by atomic mass is 32.2. The van der Waals surface area contributed by atoms with Gasteiger partial charge in [-0.25, -0.2) is 12.7 Å². The molecule has 1 aromatic heterocycles. The maximum absolute atomic E-state index is 12.9. The molecule has 2 aromatic carbocycles. The number of nitrogens with zero attached hydrogens (tertiary/aromatic N) is 2. The average Bonchev–Trinajstić information content (AvgIpc) is 3.47. The fourth-order valence-electron chi connectivity index (χ4n) is 4.91. The van der Waals surface area contributed by atoms with E-state index < -0.39 is 40.8 Å². The molecule has 1 amide bonds. The van der Waals surface area contributed by atoms with Crippen LogP contribution in [0.3, 0.4) is 0 Å². The van der Waals surface area contributed by atoms with Gasteiger partial charge < -0.3 is 9.30 Å². The van der Waals surface area contributed by atoms with Crippen LogP contribution in [0.25, 0.3) is 5.69 Å². The summed E-state index contributed by atoms with van der Waals surface area (Å²) >= 11 is 0. The maximum Gasteiger partial charge on any atom is 0.327 e. The highest BCUT2D eigenvalue weighted by Crippen LogP contribution is 2.30. The highest BCUT2D eigenvalue weighted by molar-refractivity contribution is 7.90. The van der Waals surface area contributed by atoms with Crippen LogP contribution in [0.4, 0.5) is 0 Å². The molecule has 5 rings (SSSR count). The summed E-state index contributed by atoms with van der Waals surface area (Å²) in [4.78, 5) is 37.6. The van der Waals surface area contributed by atoms with Crippen LogP contribution in [0.1, 0.15) is 49.7 Å². The van der Waals surface area contributed by atoms with Gasteiger partial charge in [0.25, 0.3) is 15.9 Å². The Bertz CT molecular complexity index is 1500. The number of ketones is 1. The number of sulfonamides is 1. The summed E-state index contributed by atoms with van der Waals surface area (Å²) in [7, 11) is -4.13. The van der Waals surface area contributed by atoms with Crippen molar-refractivity contribution in [3.63, 3.8) is 0 Å². The third kappa shape index (κ3) is 3.85. The van der Waals surface area contributed by atoms with Crippen molar-refractivity contribution in [1.82, 2.24) is 8.87 Å². The second-order valence-corrected chi connectivity index (χ2v) is 10.7. The van der Waals surface area contributed by atoms with E-state index in [0.29, 0.717) is 9.87 Å². The van der Waals surface area contributed by atoms with Crippen molar-refractivity contribution in [2.75, 3.05) is 13.2 Å². The number of hydrogen-bond acceptors (Lipinski definition) is 6. The van der Waals surface area contributed by atoms with Crippen molar-refractivity contribution in [2.45, 2.75) is 38.0 Å². The summed E-state index contributed by atoms with van der Waals surface area (Å²) in [5.74, 6) is -2.17. The molecule has 1 aliphatic carbocycles. The molecule has 2 heterocycles. The average molecular weight is 493 g/mol. The first-order valence-corrected chi connectivity index (χ1v) is 12.8. The minimum Gasteiger partial charge on any atom is -0.456 e. The number of fused-ring (bicyclic) bond motifs is 2. The molecule has 0 fully saturated rings.